The van der Waals surface area contributed by atoms with Gasteiger partial charge in [-0.3, -0.25) is 4.79 Å². The third-order valence-electron chi connectivity index (χ3n) is 4.27. The number of nitrogens with zero attached hydrogens (tertiary/aromatic N) is 1. The van der Waals surface area contributed by atoms with Gasteiger partial charge in [-0.2, -0.15) is 0 Å². The Morgan fingerprint density at radius 3 is 3.15 bits per heavy atom. The lowest BCUT2D eigenvalue weighted by Crippen LogP contribution is -2.52. The number of benzene rings is 1. The minimum Gasteiger partial charge on any atom is -0.373 e. The topological polar surface area (TPSA) is 41.6 Å². The van der Waals surface area contributed by atoms with E-state index in [-0.39, 0.29) is 18.1 Å². The normalized spacial score (nSPS) is 26.1. The fourth-order valence-corrected chi connectivity index (χ4v) is 3.13. The molecule has 0 unspecified atom stereocenters. The van der Waals surface area contributed by atoms with E-state index in [1.165, 1.54) is 11.1 Å². The van der Waals surface area contributed by atoms with Gasteiger partial charge in [0.15, 0.2) is 0 Å². The Labute approximate surface area is 120 Å². The van der Waals surface area contributed by atoms with E-state index in [1.54, 1.807) is 0 Å². The first-order valence-corrected chi connectivity index (χ1v) is 7.45. The summed E-state index contributed by atoms with van der Waals surface area (Å²) >= 11 is 0. The van der Waals surface area contributed by atoms with Crippen LogP contribution in [0.2, 0.25) is 0 Å². The van der Waals surface area contributed by atoms with Crippen LogP contribution in [-0.4, -0.2) is 43.1 Å². The molecule has 1 aromatic rings. The van der Waals surface area contributed by atoms with Crippen molar-refractivity contribution in [3.05, 3.63) is 35.4 Å². The van der Waals surface area contributed by atoms with E-state index < -0.39 is 0 Å². The average molecular weight is 274 g/mol. The van der Waals surface area contributed by atoms with Gasteiger partial charge in [-0.25, -0.2) is 0 Å². The van der Waals surface area contributed by atoms with Gasteiger partial charge >= 0.3 is 0 Å². The molecule has 4 nitrogen and oxygen atoms in total. The van der Waals surface area contributed by atoms with Crippen LogP contribution in [0.1, 0.15) is 30.6 Å². The molecule has 0 radical (unpaired) electrons. The lowest BCUT2D eigenvalue weighted by molar-refractivity contribution is -0.137. The van der Waals surface area contributed by atoms with Crippen LogP contribution in [0.3, 0.4) is 0 Å². The maximum atomic E-state index is 12.5. The summed E-state index contributed by atoms with van der Waals surface area (Å²) in [6.07, 6.45) is 1.33. The number of carbonyl (C=O) groups is 1. The van der Waals surface area contributed by atoms with Crippen LogP contribution in [0.15, 0.2) is 24.3 Å². The monoisotopic (exact) mass is 274 g/mol. The van der Waals surface area contributed by atoms with E-state index in [2.05, 4.69) is 30.4 Å². The SMILES string of the molecule is C[C@@H]1CNCCN1C(=O)C[C@H]1OCCc2ccccc21. The predicted molar refractivity (Wildman–Crippen MR) is 77.5 cm³/mol. The largest absolute Gasteiger partial charge is 0.373 e. The zero-order chi connectivity index (χ0) is 13.9. The van der Waals surface area contributed by atoms with Crippen LogP contribution in [0.5, 0.6) is 0 Å². The standard InChI is InChI=1S/C16H22N2O2/c1-12-11-17-7-8-18(12)16(19)10-15-14-5-3-2-4-13(14)6-9-20-15/h2-5,12,15,17H,6-11H2,1H3/t12-,15-/m1/s1. The van der Waals surface area contributed by atoms with Crippen molar-refractivity contribution in [2.75, 3.05) is 26.2 Å². The second-order valence-corrected chi connectivity index (χ2v) is 5.65. The molecule has 1 N–H and O–H groups in total. The van der Waals surface area contributed by atoms with Gasteiger partial charge in [-0.1, -0.05) is 24.3 Å². The summed E-state index contributed by atoms with van der Waals surface area (Å²) in [6, 6.07) is 8.59. The van der Waals surface area contributed by atoms with Crippen molar-refractivity contribution in [2.45, 2.75) is 31.9 Å². The first kappa shape index (κ1) is 13.6. The summed E-state index contributed by atoms with van der Waals surface area (Å²) in [6.45, 7) is 5.38. The van der Waals surface area contributed by atoms with E-state index in [9.17, 15) is 4.79 Å². The fraction of sp³-hybridized carbons (Fsp3) is 0.562. The zero-order valence-electron chi connectivity index (χ0n) is 12.0. The number of amides is 1. The maximum Gasteiger partial charge on any atom is 0.225 e. The molecule has 0 aliphatic carbocycles. The third kappa shape index (κ3) is 2.72. The van der Waals surface area contributed by atoms with Crippen molar-refractivity contribution in [1.82, 2.24) is 10.2 Å². The number of hydrogen-bond donors (Lipinski definition) is 1. The second kappa shape index (κ2) is 5.94. The lowest BCUT2D eigenvalue weighted by Gasteiger charge is -2.35. The van der Waals surface area contributed by atoms with E-state index >= 15 is 0 Å². The molecule has 0 spiro atoms. The molecule has 108 valence electrons. The Morgan fingerprint density at radius 2 is 2.30 bits per heavy atom. The Kier molecular flexibility index (Phi) is 4.03. The summed E-state index contributed by atoms with van der Waals surface area (Å²) in [4.78, 5) is 14.5. The van der Waals surface area contributed by atoms with Gasteiger partial charge in [-0.05, 0) is 24.5 Å². The molecule has 1 aromatic carbocycles. The van der Waals surface area contributed by atoms with Gasteiger partial charge in [0, 0.05) is 25.7 Å². The van der Waals surface area contributed by atoms with Crippen molar-refractivity contribution < 1.29 is 9.53 Å². The molecule has 0 saturated carbocycles. The molecule has 20 heavy (non-hydrogen) atoms. The van der Waals surface area contributed by atoms with Crippen LogP contribution in [0, 0.1) is 0 Å². The van der Waals surface area contributed by atoms with Gasteiger partial charge in [0.25, 0.3) is 0 Å². The molecule has 2 aliphatic rings. The van der Waals surface area contributed by atoms with Crippen molar-refractivity contribution in [1.29, 1.82) is 0 Å². The van der Waals surface area contributed by atoms with Crippen LogP contribution in [0.4, 0.5) is 0 Å². The molecule has 1 fully saturated rings. The first-order valence-electron chi connectivity index (χ1n) is 7.45. The number of fused-ring (bicyclic) bond motifs is 1. The Hall–Kier alpha value is -1.39. The Bertz CT molecular complexity index is 489. The van der Waals surface area contributed by atoms with Crippen LogP contribution in [-0.2, 0) is 16.0 Å². The maximum absolute atomic E-state index is 12.5. The lowest BCUT2D eigenvalue weighted by atomic mass is 9.95. The third-order valence-corrected chi connectivity index (χ3v) is 4.27. The van der Waals surface area contributed by atoms with E-state index in [0.29, 0.717) is 13.0 Å². The summed E-state index contributed by atoms with van der Waals surface area (Å²) in [5.74, 6) is 0.209. The molecular formula is C16H22N2O2. The Morgan fingerprint density at radius 1 is 1.45 bits per heavy atom. The number of hydrogen-bond acceptors (Lipinski definition) is 3. The fourth-order valence-electron chi connectivity index (χ4n) is 3.13. The van der Waals surface area contributed by atoms with Crippen molar-refractivity contribution in [3.63, 3.8) is 0 Å². The highest BCUT2D eigenvalue weighted by atomic mass is 16.5. The molecule has 2 heterocycles. The molecule has 0 bridgehead atoms. The minimum atomic E-state index is -0.0745. The van der Waals surface area contributed by atoms with Crippen LogP contribution < -0.4 is 5.32 Å². The Balaban J connectivity index is 1.70. The van der Waals surface area contributed by atoms with Crippen LogP contribution in [0.25, 0.3) is 0 Å². The molecular weight excluding hydrogens is 252 g/mol. The molecule has 4 heteroatoms. The van der Waals surface area contributed by atoms with Gasteiger partial charge < -0.3 is 15.0 Å². The summed E-state index contributed by atoms with van der Waals surface area (Å²) in [5, 5.41) is 3.31. The summed E-state index contributed by atoms with van der Waals surface area (Å²) in [5.41, 5.74) is 2.51. The molecule has 1 amide bonds. The van der Waals surface area contributed by atoms with Crippen LogP contribution >= 0.6 is 0 Å². The highest BCUT2D eigenvalue weighted by Gasteiger charge is 2.28. The van der Waals surface area contributed by atoms with Gasteiger partial charge in [-0.15, -0.1) is 0 Å². The highest BCUT2D eigenvalue weighted by molar-refractivity contribution is 5.77. The predicted octanol–water partition coefficient (Wildman–Crippen LogP) is 1.51. The molecule has 2 aliphatic heterocycles. The summed E-state index contributed by atoms with van der Waals surface area (Å²) in [7, 11) is 0. The number of carbonyl (C=O) groups excluding carboxylic acids is 1. The smallest absolute Gasteiger partial charge is 0.225 e. The number of rotatable bonds is 2. The number of nitrogens with one attached hydrogen (secondary N) is 1. The number of ether oxygens (including phenoxy) is 1. The molecule has 1 saturated heterocycles. The molecule has 3 rings (SSSR count). The number of piperazine rings is 1. The zero-order valence-corrected chi connectivity index (χ0v) is 12.0. The average Bonchev–Trinajstić information content (AvgIpc) is 2.48. The van der Waals surface area contributed by atoms with Crippen molar-refractivity contribution in [3.8, 4) is 0 Å². The minimum absolute atomic E-state index is 0.0745. The van der Waals surface area contributed by atoms with Gasteiger partial charge in [0.2, 0.25) is 5.91 Å². The highest BCUT2D eigenvalue weighted by Crippen LogP contribution is 2.30. The van der Waals surface area contributed by atoms with Gasteiger partial charge in [0.1, 0.15) is 0 Å². The quantitative estimate of drug-likeness (QED) is 0.889. The van der Waals surface area contributed by atoms with Gasteiger partial charge in [0.05, 0.1) is 19.1 Å². The molecule has 2 atom stereocenters. The van der Waals surface area contributed by atoms with Crippen molar-refractivity contribution >= 4 is 5.91 Å². The van der Waals surface area contributed by atoms with Crippen molar-refractivity contribution in [2.24, 2.45) is 0 Å². The van der Waals surface area contributed by atoms with E-state index in [4.69, 9.17) is 4.74 Å². The summed E-state index contributed by atoms with van der Waals surface area (Å²) < 4.78 is 5.84. The molecule has 0 aromatic heterocycles. The van der Waals surface area contributed by atoms with E-state index in [1.807, 2.05) is 11.0 Å². The van der Waals surface area contributed by atoms with E-state index in [0.717, 1.165) is 26.1 Å². The first-order chi connectivity index (χ1) is 9.75. The second-order valence-electron chi connectivity index (χ2n) is 5.65.